The van der Waals surface area contributed by atoms with Crippen LogP contribution in [0.1, 0.15) is 37.6 Å². The molecule has 2 amide bonds. The number of hydrogen-bond acceptors (Lipinski definition) is 5. The zero-order valence-electron chi connectivity index (χ0n) is 19.0. The van der Waals surface area contributed by atoms with Crippen molar-refractivity contribution in [3.63, 3.8) is 0 Å². The fourth-order valence-corrected chi connectivity index (χ4v) is 5.02. The number of hydrogen-bond donors (Lipinski definition) is 2. The van der Waals surface area contributed by atoms with Crippen LogP contribution in [0.4, 0.5) is 10.1 Å². The summed E-state index contributed by atoms with van der Waals surface area (Å²) >= 11 is 0. The van der Waals surface area contributed by atoms with Crippen molar-refractivity contribution in [3.8, 4) is 0 Å². The molecule has 1 fully saturated rings. The number of nitrogens with zero attached hydrogens (tertiary/aromatic N) is 1. The minimum Gasteiger partial charge on any atom is -0.380 e. The van der Waals surface area contributed by atoms with E-state index in [4.69, 9.17) is 4.74 Å². The lowest BCUT2D eigenvalue weighted by atomic mass is 10.1. The van der Waals surface area contributed by atoms with Crippen LogP contribution in [0.25, 0.3) is 0 Å². The van der Waals surface area contributed by atoms with Gasteiger partial charge in [0.2, 0.25) is 15.9 Å². The first-order valence-electron chi connectivity index (χ1n) is 10.4. The van der Waals surface area contributed by atoms with E-state index in [9.17, 15) is 22.4 Å². The molecule has 0 aliphatic carbocycles. The SMILES string of the molecule is CO[C@@H]1C[C@@H](C(=O)Nc2ccc(S(=O)(=O)NC(C)(C)C)cc2)N(C(=O)c2ccc(F)cc2)C1. The van der Waals surface area contributed by atoms with Gasteiger partial charge in [-0.2, -0.15) is 0 Å². The Morgan fingerprint density at radius 2 is 1.67 bits per heavy atom. The maximum absolute atomic E-state index is 13.2. The topological polar surface area (TPSA) is 105 Å². The molecule has 10 heteroatoms. The highest BCUT2D eigenvalue weighted by molar-refractivity contribution is 7.89. The molecule has 1 aliphatic rings. The molecule has 0 radical (unpaired) electrons. The van der Waals surface area contributed by atoms with Crippen LogP contribution >= 0.6 is 0 Å². The second kappa shape index (κ2) is 9.58. The van der Waals surface area contributed by atoms with Crippen LogP contribution < -0.4 is 10.0 Å². The number of methoxy groups -OCH3 is 1. The molecule has 2 N–H and O–H groups in total. The molecule has 33 heavy (non-hydrogen) atoms. The van der Waals surface area contributed by atoms with Gasteiger partial charge in [0.1, 0.15) is 11.9 Å². The van der Waals surface area contributed by atoms with Crippen molar-refractivity contribution in [2.24, 2.45) is 0 Å². The second-order valence-corrected chi connectivity index (χ2v) is 10.6. The highest BCUT2D eigenvalue weighted by Crippen LogP contribution is 2.25. The number of halogens is 1. The highest BCUT2D eigenvalue weighted by Gasteiger charge is 2.40. The summed E-state index contributed by atoms with van der Waals surface area (Å²) in [5, 5.41) is 2.74. The van der Waals surface area contributed by atoms with E-state index in [1.807, 2.05) is 0 Å². The average Bonchev–Trinajstić information content (AvgIpc) is 3.17. The van der Waals surface area contributed by atoms with Gasteiger partial charge < -0.3 is 15.0 Å². The van der Waals surface area contributed by atoms with Crippen LogP contribution in [0.5, 0.6) is 0 Å². The lowest BCUT2D eigenvalue weighted by Crippen LogP contribution is -2.43. The summed E-state index contributed by atoms with van der Waals surface area (Å²) in [4.78, 5) is 27.4. The van der Waals surface area contributed by atoms with E-state index in [-0.39, 0.29) is 23.1 Å². The molecule has 1 saturated heterocycles. The third kappa shape index (κ3) is 6.16. The van der Waals surface area contributed by atoms with Gasteiger partial charge in [-0.1, -0.05) is 0 Å². The zero-order valence-corrected chi connectivity index (χ0v) is 19.8. The molecule has 3 rings (SSSR count). The van der Waals surface area contributed by atoms with Crippen LogP contribution in [0.3, 0.4) is 0 Å². The van der Waals surface area contributed by atoms with E-state index in [1.165, 1.54) is 60.5 Å². The summed E-state index contributed by atoms with van der Waals surface area (Å²) < 4.78 is 46.1. The van der Waals surface area contributed by atoms with E-state index in [0.717, 1.165) is 0 Å². The number of carbonyl (C=O) groups excluding carboxylic acids is 2. The molecule has 178 valence electrons. The van der Waals surface area contributed by atoms with Crippen LogP contribution in [-0.4, -0.2) is 56.5 Å². The van der Waals surface area contributed by atoms with Crippen LogP contribution in [0.2, 0.25) is 0 Å². The average molecular weight is 478 g/mol. The van der Waals surface area contributed by atoms with Crippen molar-refractivity contribution in [1.29, 1.82) is 0 Å². The van der Waals surface area contributed by atoms with Gasteiger partial charge in [-0.15, -0.1) is 0 Å². The minimum absolute atomic E-state index is 0.0730. The monoisotopic (exact) mass is 477 g/mol. The maximum atomic E-state index is 13.2. The molecule has 2 atom stereocenters. The van der Waals surface area contributed by atoms with Crippen molar-refractivity contribution < 1.29 is 27.1 Å². The molecule has 0 aromatic heterocycles. The number of ether oxygens (including phenoxy) is 1. The highest BCUT2D eigenvalue weighted by atomic mass is 32.2. The first kappa shape index (κ1) is 24.8. The van der Waals surface area contributed by atoms with Gasteiger partial charge in [-0.3, -0.25) is 9.59 Å². The quantitative estimate of drug-likeness (QED) is 0.666. The van der Waals surface area contributed by atoms with E-state index < -0.39 is 39.2 Å². The van der Waals surface area contributed by atoms with E-state index in [1.54, 1.807) is 20.8 Å². The summed E-state index contributed by atoms with van der Waals surface area (Å²) in [7, 11) is -2.19. The smallest absolute Gasteiger partial charge is 0.254 e. The number of benzene rings is 2. The molecule has 8 nitrogen and oxygen atoms in total. The van der Waals surface area contributed by atoms with Gasteiger partial charge >= 0.3 is 0 Å². The molecule has 0 saturated carbocycles. The predicted octanol–water partition coefficient (Wildman–Crippen LogP) is 2.77. The molecule has 0 spiro atoms. The first-order chi connectivity index (χ1) is 15.4. The summed E-state index contributed by atoms with van der Waals surface area (Å²) in [6.07, 6.45) is -0.0156. The Labute approximate surface area is 193 Å². The van der Waals surface area contributed by atoms with E-state index >= 15 is 0 Å². The third-order valence-corrected chi connectivity index (χ3v) is 6.90. The maximum Gasteiger partial charge on any atom is 0.254 e. The summed E-state index contributed by atoms with van der Waals surface area (Å²) in [6.45, 7) is 5.45. The van der Waals surface area contributed by atoms with Crippen LogP contribution in [0, 0.1) is 5.82 Å². The van der Waals surface area contributed by atoms with Crippen LogP contribution in [-0.2, 0) is 19.6 Å². The van der Waals surface area contributed by atoms with Gasteiger partial charge in [0.05, 0.1) is 11.0 Å². The Hall–Kier alpha value is -2.82. The van der Waals surface area contributed by atoms with Crippen molar-refractivity contribution in [2.75, 3.05) is 19.0 Å². The number of carbonyl (C=O) groups is 2. The fourth-order valence-electron chi connectivity index (χ4n) is 3.60. The first-order valence-corrected chi connectivity index (χ1v) is 11.9. The van der Waals surface area contributed by atoms with Crippen molar-refractivity contribution in [1.82, 2.24) is 9.62 Å². The lowest BCUT2D eigenvalue weighted by molar-refractivity contribution is -0.119. The van der Waals surface area contributed by atoms with E-state index in [0.29, 0.717) is 12.1 Å². The van der Waals surface area contributed by atoms with Gasteiger partial charge in [0.15, 0.2) is 0 Å². The Bertz CT molecular complexity index is 1110. The number of anilines is 1. The van der Waals surface area contributed by atoms with Crippen LogP contribution in [0.15, 0.2) is 53.4 Å². The Kier molecular flexibility index (Phi) is 7.20. The molecule has 1 heterocycles. The fraction of sp³-hybridized carbons (Fsp3) is 0.391. The third-order valence-electron chi connectivity index (χ3n) is 5.12. The number of sulfonamides is 1. The van der Waals surface area contributed by atoms with Gasteiger partial charge in [-0.25, -0.2) is 17.5 Å². The molecule has 2 aromatic rings. The van der Waals surface area contributed by atoms with Crippen molar-refractivity contribution in [3.05, 3.63) is 59.9 Å². The molecule has 2 aromatic carbocycles. The zero-order chi connectivity index (χ0) is 24.4. The van der Waals surface area contributed by atoms with Gasteiger partial charge in [0, 0.05) is 36.9 Å². The van der Waals surface area contributed by atoms with Gasteiger partial charge in [0.25, 0.3) is 5.91 Å². The molecule has 0 bridgehead atoms. The number of nitrogens with one attached hydrogen (secondary N) is 2. The summed E-state index contributed by atoms with van der Waals surface area (Å²) in [6, 6.07) is 10.1. The summed E-state index contributed by atoms with van der Waals surface area (Å²) in [5.41, 5.74) is 0.0312. The Morgan fingerprint density at radius 3 is 2.21 bits per heavy atom. The largest absolute Gasteiger partial charge is 0.380 e. The lowest BCUT2D eigenvalue weighted by Gasteiger charge is -2.24. The Morgan fingerprint density at radius 1 is 1.06 bits per heavy atom. The number of rotatable bonds is 6. The van der Waals surface area contributed by atoms with Crippen molar-refractivity contribution in [2.45, 2.75) is 49.8 Å². The Balaban J connectivity index is 1.75. The van der Waals surface area contributed by atoms with Crippen molar-refractivity contribution >= 4 is 27.5 Å². The number of amides is 2. The molecular weight excluding hydrogens is 449 g/mol. The second-order valence-electron chi connectivity index (χ2n) is 8.94. The summed E-state index contributed by atoms with van der Waals surface area (Å²) in [5.74, 6) is -1.28. The standard InChI is InChI=1S/C23H28FN3O5S/c1-23(2,3)26-33(30,31)19-11-9-17(10-12-19)25-21(28)20-13-18(32-4)14-27(20)22(29)15-5-7-16(24)8-6-15/h5-12,18,20,26H,13-14H2,1-4H3,(H,25,28)/t18-,20+/m1/s1. The molecule has 0 unspecified atom stereocenters. The van der Waals surface area contributed by atoms with E-state index in [2.05, 4.69) is 10.0 Å². The minimum atomic E-state index is -3.70. The predicted molar refractivity (Wildman–Crippen MR) is 122 cm³/mol. The molecular formula is C23H28FN3O5S. The normalized spacial score (nSPS) is 18.9. The van der Waals surface area contributed by atoms with Gasteiger partial charge in [-0.05, 0) is 69.3 Å². The number of likely N-dealkylation sites (tertiary alicyclic amines) is 1. The molecule has 1 aliphatic heterocycles.